The maximum atomic E-state index is 14.1. The molecule has 16 heteroatoms. The second kappa shape index (κ2) is 16.2. The molecule has 0 aliphatic carbocycles. The van der Waals surface area contributed by atoms with Gasteiger partial charge in [-0.15, -0.1) is 5.10 Å². The van der Waals surface area contributed by atoms with Crippen LogP contribution in [-0.2, 0) is 28.9 Å². The number of nitrogens with two attached hydrogens (primary N) is 1. The highest BCUT2D eigenvalue weighted by Gasteiger charge is 2.34. The predicted octanol–water partition coefficient (Wildman–Crippen LogP) is 6.62. The molecule has 5 aromatic rings. The highest BCUT2D eigenvalue weighted by atomic mass is 32.2. The summed E-state index contributed by atoms with van der Waals surface area (Å²) >= 11 is 0. The van der Waals surface area contributed by atoms with Crippen LogP contribution < -0.4 is 20.7 Å². The molecule has 1 unspecified atom stereocenters. The van der Waals surface area contributed by atoms with Crippen LogP contribution in [0.15, 0.2) is 90.0 Å². The Labute approximate surface area is 318 Å². The van der Waals surface area contributed by atoms with E-state index in [1.165, 1.54) is 55.8 Å². The van der Waals surface area contributed by atoms with Crippen LogP contribution in [0.1, 0.15) is 52.5 Å². The standard InChI is InChI=1S/C39H43FN6O8S/c1-23(2)20-34(53-36(48)39(4,5)41)54-38(49)46(31-18-17-30(55(7,50)51)21-32(31)52-6)37-43-33-19-12-27(22-45(33)44-37)26-10-15-29(16-11-26)42-35(47)24(3)25-8-13-28(40)14-9-25/h8-19,21-24,34H,20,41H2,1-7H3,(H,42,47)/t24-,34?/m1/s1. The average molecular weight is 775 g/mol. The van der Waals surface area contributed by atoms with Crippen LogP contribution in [0.5, 0.6) is 5.75 Å². The van der Waals surface area contributed by atoms with Crippen LogP contribution in [-0.4, -0.2) is 66.2 Å². The molecular formula is C39H43FN6O8S. The van der Waals surface area contributed by atoms with Crippen LogP contribution in [0.25, 0.3) is 16.8 Å². The maximum absolute atomic E-state index is 14.1. The number of carbonyl (C=O) groups is 3. The van der Waals surface area contributed by atoms with Crippen molar-refractivity contribution in [3.8, 4) is 16.9 Å². The molecule has 2 aromatic heterocycles. The smallest absolute Gasteiger partial charge is 0.424 e. The summed E-state index contributed by atoms with van der Waals surface area (Å²) < 4.78 is 56.3. The Balaban J connectivity index is 1.47. The highest BCUT2D eigenvalue weighted by Crippen LogP contribution is 2.36. The number of benzene rings is 3. The van der Waals surface area contributed by atoms with Crippen molar-refractivity contribution in [3.63, 3.8) is 0 Å². The first kappa shape index (κ1) is 40.3. The fourth-order valence-corrected chi connectivity index (χ4v) is 5.98. The average Bonchev–Trinajstić information content (AvgIpc) is 3.53. The van der Waals surface area contributed by atoms with E-state index in [4.69, 9.17) is 19.9 Å². The SMILES string of the molecule is COc1cc(S(C)(=O)=O)ccc1N(C(=O)OC(CC(C)C)OC(=O)C(C)(C)N)c1nc2ccc(-c3ccc(NC(=O)[C@H](C)c4ccc(F)cc4)cc3)cn2n1. The largest absolute Gasteiger partial charge is 0.495 e. The summed E-state index contributed by atoms with van der Waals surface area (Å²) in [4.78, 5) is 45.2. The first-order valence-corrected chi connectivity index (χ1v) is 19.1. The molecule has 3 N–H and O–H groups in total. The van der Waals surface area contributed by atoms with E-state index in [0.717, 1.165) is 22.3 Å². The summed E-state index contributed by atoms with van der Waals surface area (Å²) in [5.74, 6) is -2.15. The highest BCUT2D eigenvalue weighted by molar-refractivity contribution is 7.90. The number of ether oxygens (including phenoxy) is 3. The molecule has 0 spiro atoms. The number of sulfone groups is 1. The van der Waals surface area contributed by atoms with Gasteiger partial charge in [0.1, 0.15) is 17.1 Å². The number of methoxy groups -OCH3 is 1. The normalized spacial score (nSPS) is 12.9. The summed E-state index contributed by atoms with van der Waals surface area (Å²) in [7, 11) is -2.34. The van der Waals surface area contributed by atoms with Crippen molar-refractivity contribution in [1.29, 1.82) is 0 Å². The van der Waals surface area contributed by atoms with Gasteiger partial charge >= 0.3 is 12.1 Å². The van der Waals surface area contributed by atoms with E-state index in [9.17, 15) is 27.2 Å². The molecular weight excluding hydrogens is 732 g/mol. The minimum Gasteiger partial charge on any atom is -0.495 e. The van der Waals surface area contributed by atoms with Crippen molar-refractivity contribution in [3.05, 3.63) is 96.4 Å². The first-order valence-electron chi connectivity index (χ1n) is 17.3. The predicted molar refractivity (Wildman–Crippen MR) is 204 cm³/mol. The lowest BCUT2D eigenvalue weighted by Crippen LogP contribution is -2.45. The van der Waals surface area contributed by atoms with Gasteiger partial charge in [-0.2, -0.15) is 4.98 Å². The zero-order valence-corrected chi connectivity index (χ0v) is 32.3. The van der Waals surface area contributed by atoms with Crippen molar-refractivity contribution in [2.24, 2.45) is 11.7 Å². The van der Waals surface area contributed by atoms with Crippen molar-refractivity contribution in [2.45, 2.75) is 63.7 Å². The van der Waals surface area contributed by atoms with Gasteiger partial charge in [-0.05, 0) is 86.3 Å². The van der Waals surface area contributed by atoms with E-state index in [1.807, 2.05) is 26.0 Å². The second-order valence-electron chi connectivity index (χ2n) is 14.0. The second-order valence-corrected chi connectivity index (χ2v) is 16.0. The number of halogens is 1. The summed E-state index contributed by atoms with van der Waals surface area (Å²) in [6.07, 6.45) is 0.494. The number of hydrogen-bond donors (Lipinski definition) is 2. The molecule has 3 aromatic carbocycles. The zero-order chi connectivity index (χ0) is 40.2. The van der Waals surface area contributed by atoms with Crippen LogP contribution in [0, 0.1) is 11.7 Å². The number of nitrogens with zero attached hydrogens (tertiary/aromatic N) is 4. The number of esters is 1. The van der Waals surface area contributed by atoms with Crippen molar-refractivity contribution in [2.75, 3.05) is 23.6 Å². The van der Waals surface area contributed by atoms with Gasteiger partial charge in [0.25, 0.3) is 5.95 Å². The van der Waals surface area contributed by atoms with E-state index in [2.05, 4.69) is 15.4 Å². The molecule has 0 radical (unpaired) electrons. The lowest BCUT2D eigenvalue weighted by Gasteiger charge is -2.27. The fourth-order valence-electron chi connectivity index (χ4n) is 5.34. The fraction of sp³-hybridized carbons (Fsp3) is 0.308. The summed E-state index contributed by atoms with van der Waals surface area (Å²) in [5.41, 5.74) is 7.71. The number of amides is 2. The molecule has 0 aliphatic rings. The van der Waals surface area contributed by atoms with Gasteiger partial charge in [0.05, 0.1) is 23.6 Å². The Morgan fingerprint density at radius 3 is 2.20 bits per heavy atom. The number of hydrogen-bond acceptors (Lipinski definition) is 11. The third-order valence-electron chi connectivity index (χ3n) is 8.43. The molecule has 55 heavy (non-hydrogen) atoms. The molecule has 2 heterocycles. The Kier molecular flexibility index (Phi) is 11.9. The first-order chi connectivity index (χ1) is 25.8. The number of fused-ring (bicyclic) bond motifs is 1. The summed E-state index contributed by atoms with van der Waals surface area (Å²) in [6, 6.07) is 20.3. The Morgan fingerprint density at radius 1 is 0.945 bits per heavy atom. The van der Waals surface area contributed by atoms with Crippen molar-refractivity contribution in [1.82, 2.24) is 14.6 Å². The Morgan fingerprint density at radius 2 is 1.60 bits per heavy atom. The van der Waals surface area contributed by atoms with Gasteiger partial charge in [-0.25, -0.2) is 31.8 Å². The number of carbonyl (C=O) groups excluding carboxylic acids is 3. The van der Waals surface area contributed by atoms with Crippen LogP contribution in [0.4, 0.5) is 26.5 Å². The van der Waals surface area contributed by atoms with E-state index in [0.29, 0.717) is 16.9 Å². The molecule has 290 valence electrons. The Hall–Kier alpha value is -5.87. The quantitative estimate of drug-likeness (QED) is 0.0968. The molecule has 2 atom stereocenters. The molecule has 0 saturated heterocycles. The van der Waals surface area contributed by atoms with Gasteiger partial charge in [0.15, 0.2) is 15.5 Å². The number of aromatic nitrogens is 3. The van der Waals surface area contributed by atoms with E-state index >= 15 is 0 Å². The lowest BCUT2D eigenvalue weighted by atomic mass is 10.00. The summed E-state index contributed by atoms with van der Waals surface area (Å²) in [6.45, 7) is 8.37. The lowest BCUT2D eigenvalue weighted by molar-refractivity contribution is -0.174. The molecule has 0 aliphatic heterocycles. The molecule has 0 fully saturated rings. The number of rotatable bonds is 13. The minimum absolute atomic E-state index is 0.000781. The van der Waals surface area contributed by atoms with Gasteiger partial charge in [0.2, 0.25) is 12.2 Å². The topological polar surface area (TPSA) is 185 Å². The number of anilines is 3. The maximum Gasteiger partial charge on any atom is 0.424 e. The molecule has 14 nitrogen and oxygen atoms in total. The van der Waals surface area contributed by atoms with Crippen molar-refractivity contribution >= 4 is 50.8 Å². The molecule has 5 rings (SSSR count). The third kappa shape index (κ3) is 9.82. The van der Waals surface area contributed by atoms with Crippen LogP contribution in [0.3, 0.4) is 0 Å². The molecule has 0 saturated carbocycles. The van der Waals surface area contributed by atoms with Gasteiger partial charge in [0, 0.05) is 36.2 Å². The van der Waals surface area contributed by atoms with Gasteiger partial charge in [-0.1, -0.05) is 38.1 Å². The monoisotopic (exact) mass is 774 g/mol. The van der Waals surface area contributed by atoms with Crippen LogP contribution in [0.2, 0.25) is 0 Å². The Bertz CT molecular complexity index is 2310. The van der Waals surface area contributed by atoms with Gasteiger partial charge in [-0.3, -0.25) is 4.79 Å². The minimum atomic E-state index is -3.65. The molecule has 2 amide bonds. The van der Waals surface area contributed by atoms with Crippen LogP contribution >= 0.6 is 0 Å². The number of pyridine rings is 1. The zero-order valence-electron chi connectivity index (χ0n) is 31.4. The van der Waals surface area contributed by atoms with Gasteiger partial charge < -0.3 is 25.3 Å². The third-order valence-corrected chi connectivity index (χ3v) is 9.54. The molecule has 0 bridgehead atoms. The summed E-state index contributed by atoms with van der Waals surface area (Å²) in [5, 5.41) is 7.45. The van der Waals surface area contributed by atoms with Crippen molar-refractivity contribution < 1.29 is 41.4 Å². The van der Waals surface area contributed by atoms with E-state index < -0.39 is 39.6 Å². The number of nitrogens with one attached hydrogen (secondary N) is 1. The van der Waals surface area contributed by atoms with E-state index in [-0.39, 0.29) is 46.3 Å². The van der Waals surface area contributed by atoms with E-state index in [1.54, 1.807) is 49.5 Å².